The molecule has 7 heteroatoms. The van der Waals surface area contributed by atoms with Crippen molar-refractivity contribution in [2.45, 2.75) is 19.8 Å². The molecular formula is C17H20N4O2S. The van der Waals surface area contributed by atoms with Gasteiger partial charge < -0.3 is 4.90 Å². The smallest absolute Gasteiger partial charge is 0.255 e. The molecule has 1 aliphatic rings. The molecule has 6 nitrogen and oxygen atoms in total. The van der Waals surface area contributed by atoms with Gasteiger partial charge in [0.25, 0.3) is 10.0 Å². The van der Waals surface area contributed by atoms with E-state index in [0.29, 0.717) is 11.6 Å². The maximum atomic E-state index is 12.1. The Balaban J connectivity index is 1.66. The number of aromatic nitrogens is 2. The Morgan fingerprint density at radius 3 is 2.33 bits per heavy atom. The molecule has 2 aromatic rings. The normalized spacial score (nSPS) is 15.1. The number of aryl methyl sites for hydroxylation is 1. The van der Waals surface area contributed by atoms with E-state index in [4.69, 9.17) is 0 Å². The highest BCUT2D eigenvalue weighted by Gasteiger charge is 2.15. The van der Waals surface area contributed by atoms with Crippen LogP contribution in [0.5, 0.6) is 0 Å². The fourth-order valence-electron chi connectivity index (χ4n) is 2.50. The molecule has 1 N–H and O–H groups in total. The summed E-state index contributed by atoms with van der Waals surface area (Å²) in [6, 6.07) is 7.61. The molecule has 0 spiro atoms. The zero-order valence-electron chi connectivity index (χ0n) is 13.5. The summed E-state index contributed by atoms with van der Waals surface area (Å²) in [5.74, 6) is 0.644. The molecule has 0 saturated carbocycles. The van der Waals surface area contributed by atoms with Crippen molar-refractivity contribution in [3.63, 3.8) is 0 Å². The molecule has 0 aliphatic carbocycles. The molecule has 0 atom stereocenters. The second kappa shape index (κ2) is 7.00. The highest BCUT2D eigenvalue weighted by molar-refractivity contribution is 7.95. The van der Waals surface area contributed by atoms with Crippen molar-refractivity contribution in [1.82, 2.24) is 9.97 Å². The van der Waals surface area contributed by atoms with Crippen molar-refractivity contribution in [3.05, 3.63) is 53.2 Å². The van der Waals surface area contributed by atoms with E-state index >= 15 is 0 Å². The zero-order chi connectivity index (χ0) is 17.0. The molecule has 1 aliphatic heterocycles. The lowest BCUT2D eigenvalue weighted by molar-refractivity contribution is 0.609. The van der Waals surface area contributed by atoms with E-state index in [1.165, 1.54) is 12.4 Å². The van der Waals surface area contributed by atoms with Crippen LogP contribution in [-0.4, -0.2) is 31.5 Å². The predicted octanol–water partition coefficient (Wildman–Crippen LogP) is 2.80. The quantitative estimate of drug-likeness (QED) is 0.903. The fraction of sp³-hybridized carbons (Fsp3) is 0.294. The zero-order valence-corrected chi connectivity index (χ0v) is 14.3. The van der Waals surface area contributed by atoms with E-state index in [1.54, 1.807) is 6.08 Å². The molecule has 0 bridgehead atoms. The number of sulfonamides is 1. The summed E-state index contributed by atoms with van der Waals surface area (Å²) < 4.78 is 26.7. The molecule has 1 aromatic carbocycles. The van der Waals surface area contributed by atoms with E-state index in [2.05, 4.69) is 19.6 Å². The Kier molecular flexibility index (Phi) is 4.80. The maximum Gasteiger partial charge on any atom is 0.255 e. The van der Waals surface area contributed by atoms with Crippen LogP contribution in [0.1, 0.15) is 24.0 Å². The van der Waals surface area contributed by atoms with Crippen LogP contribution in [0.15, 0.2) is 42.1 Å². The number of hydrogen-bond acceptors (Lipinski definition) is 5. The Bertz CT molecular complexity index is 809. The van der Waals surface area contributed by atoms with Crippen LogP contribution in [0, 0.1) is 6.92 Å². The van der Waals surface area contributed by atoms with Crippen LogP contribution in [0.2, 0.25) is 0 Å². The van der Waals surface area contributed by atoms with E-state index in [0.717, 1.165) is 42.5 Å². The number of nitrogens with zero attached hydrogens (tertiary/aromatic N) is 3. The minimum Gasteiger partial charge on any atom is -0.341 e. The number of anilines is 2. The van der Waals surface area contributed by atoms with Crippen LogP contribution in [0.25, 0.3) is 6.08 Å². The topological polar surface area (TPSA) is 75.2 Å². The van der Waals surface area contributed by atoms with Gasteiger partial charge >= 0.3 is 0 Å². The molecule has 1 fully saturated rings. The molecule has 0 radical (unpaired) electrons. The predicted molar refractivity (Wildman–Crippen MR) is 96.2 cm³/mol. The van der Waals surface area contributed by atoms with Crippen LogP contribution in [0.4, 0.5) is 11.6 Å². The Morgan fingerprint density at radius 1 is 1.08 bits per heavy atom. The van der Waals surface area contributed by atoms with Gasteiger partial charge in [-0.05, 0) is 31.4 Å². The minimum absolute atomic E-state index is 0.353. The van der Waals surface area contributed by atoms with Gasteiger partial charge in [-0.25, -0.2) is 18.4 Å². The first-order valence-corrected chi connectivity index (χ1v) is 9.41. The van der Waals surface area contributed by atoms with Crippen LogP contribution >= 0.6 is 0 Å². The molecule has 3 rings (SSSR count). The first kappa shape index (κ1) is 16.4. The van der Waals surface area contributed by atoms with Crippen LogP contribution < -0.4 is 9.62 Å². The molecule has 0 amide bonds. The highest BCUT2D eigenvalue weighted by Crippen LogP contribution is 2.17. The summed E-state index contributed by atoms with van der Waals surface area (Å²) in [6.07, 6.45) is 6.83. The van der Waals surface area contributed by atoms with Crippen molar-refractivity contribution in [2.24, 2.45) is 0 Å². The van der Waals surface area contributed by atoms with Gasteiger partial charge in [0.05, 0.1) is 23.5 Å². The Labute approximate surface area is 142 Å². The van der Waals surface area contributed by atoms with Gasteiger partial charge in [-0.2, -0.15) is 0 Å². The number of hydrogen-bond donors (Lipinski definition) is 1. The maximum absolute atomic E-state index is 12.1. The van der Waals surface area contributed by atoms with Crippen molar-refractivity contribution in [3.8, 4) is 0 Å². The molecule has 1 saturated heterocycles. The third-order valence-electron chi connectivity index (χ3n) is 3.80. The first-order valence-electron chi connectivity index (χ1n) is 7.86. The summed E-state index contributed by atoms with van der Waals surface area (Å²) >= 11 is 0. The Hall–Kier alpha value is -2.41. The minimum atomic E-state index is -3.60. The van der Waals surface area contributed by atoms with Crippen LogP contribution in [-0.2, 0) is 10.0 Å². The lowest BCUT2D eigenvalue weighted by Gasteiger charge is -2.14. The van der Waals surface area contributed by atoms with Crippen molar-refractivity contribution >= 4 is 27.7 Å². The number of benzene rings is 1. The lowest BCUT2D eigenvalue weighted by atomic mass is 10.2. The average Bonchev–Trinajstić information content (AvgIpc) is 3.09. The standard InChI is InChI=1S/C17H20N4O2S/c1-14-4-6-15(7-5-14)8-11-24(22,23)20-16-12-18-17(19-13-16)21-9-2-3-10-21/h4-8,11-13,20H,2-3,9-10H2,1H3/b11-8+. The summed E-state index contributed by atoms with van der Waals surface area (Å²) in [7, 11) is -3.60. The molecular weight excluding hydrogens is 324 g/mol. The molecule has 126 valence electrons. The second-order valence-corrected chi connectivity index (χ2v) is 7.39. The van der Waals surface area contributed by atoms with E-state index in [9.17, 15) is 8.42 Å². The van der Waals surface area contributed by atoms with E-state index in [-0.39, 0.29) is 0 Å². The second-order valence-electron chi connectivity index (χ2n) is 5.83. The van der Waals surface area contributed by atoms with Gasteiger partial charge in [0, 0.05) is 13.1 Å². The molecule has 2 heterocycles. The van der Waals surface area contributed by atoms with Gasteiger partial charge in [0.1, 0.15) is 0 Å². The van der Waals surface area contributed by atoms with E-state index < -0.39 is 10.0 Å². The highest BCUT2D eigenvalue weighted by atomic mass is 32.2. The molecule has 24 heavy (non-hydrogen) atoms. The van der Waals surface area contributed by atoms with Gasteiger partial charge in [-0.3, -0.25) is 4.72 Å². The summed E-state index contributed by atoms with van der Waals surface area (Å²) in [4.78, 5) is 10.6. The number of nitrogens with one attached hydrogen (secondary N) is 1. The third kappa shape index (κ3) is 4.32. The monoisotopic (exact) mass is 344 g/mol. The molecule has 0 unspecified atom stereocenters. The fourth-order valence-corrected chi connectivity index (χ4v) is 3.34. The van der Waals surface area contributed by atoms with E-state index in [1.807, 2.05) is 31.2 Å². The van der Waals surface area contributed by atoms with Crippen LogP contribution in [0.3, 0.4) is 0 Å². The van der Waals surface area contributed by atoms with Gasteiger partial charge in [0.15, 0.2) is 0 Å². The van der Waals surface area contributed by atoms with Crippen molar-refractivity contribution < 1.29 is 8.42 Å². The Morgan fingerprint density at radius 2 is 1.71 bits per heavy atom. The van der Waals surface area contributed by atoms with Gasteiger partial charge in [0.2, 0.25) is 5.95 Å². The third-order valence-corrected chi connectivity index (χ3v) is 4.82. The number of rotatable bonds is 5. The summed E-state index contributed by atoms with van der Waals surface area (Å²) in [6.45, 7) is 3.88. The lowest BCUT2D eigenvalue weighted by Crippen LogP contribution is -2.20. The molecule has 1 aromatic heterocycles. The van der Waals surface area contributed by atoms with Gasteiger partial charge in [-0.1, -0.05) is 29.8 Å². The SMILES string of the molecule is Cc1ccc(/C=C/S(=O)(=O)Nc2cnc(N3CCCC3)nc2)cc1. The van der Waals surface area contributed by atoms with Crippen molar-refractivity contribution in [2.75, 3.05) is 22.7 Å². The summed E-state index contributed by atoms with van der Waals surface area (Å²) in [5.41, 5.74) is 2.31. The summed E-state index contributed by atoms with van der Waals surface area (Å²) in [5, 5.41) is 1.14. The van der Waals surface area contributed by atoms with Gasteiger partial charge in [-0.15, -0.1) is 0 Å². The first-order chi connectivity index (χ1) is 11.5. The average molecular weight is 344 g/mol. The largest absolute Gasteiger partial charge is 0.341 e. The van der Waals surface area contributed by atoms with Crippen molar-refractivity contribution in [1.29, 1.82) is 0 Å².